The van der Waals surface area contributed by atoms with Gasteiger partial charge in [0.2, 0.25) is 0 Å². The van der Waals surface area contributed by atoms with E-state index in [1.165, 1.54) is 17.0 Å². The molecule has 0 radical (unpaired) electrons. The van der Waals surface area contributed by atoms with E-state index in [9.17, 15) is 9.18 Å². The fourth-order valence-electron chi connectivity index (χ4n) is 2.65. The number of hydrogen-bond donors (Lipinski definition) is 2. The van der Waals surface area contributed by atoms with E-state index < -0.39 is 0 Å². The number of piperazine rings is 1. The number of halogens is 1. The van der Waals surface area contributed by atoms with Crippen LogP contribution < -0.4 is 15.1 Å². The van der Waals surface area contributed by atoms with Crippen molar-refractivity contribution in [1.82, 2.24) is 5.32 Å². The molecule has 1 aromatic rings. The molecule has 2 N–H and O–H groups in total. The molecule has 1 atom stereocenters. The van der Waals surface area contributed by atoms with Crippen molar-refractivity contribution in [2.24, 2.45) is 0 Å². The summed E-state index contributed by atoms with van der Waals surface area (Å²) in [5, 5.41) is 2.88. The van der Waals surface area contributed by atoms with Gasteiger partial charge in [-0.15, -0.1) is 0 Å². The van der Waals surface area contributed by atoms with Gasteiger partial charge in [-0.05, 0) is 38.1 Å². The quantitative estimate of drug-likeness (QED) is 0.818. The minimum atomic E-state index is -0.206. The maximum absolute atomic E-state index is 12.9. The molecule has 1 fully saturated rings. The molecule has 0 unspecified atom stereocenters. The lowest BCUT2D eigenvalue weighted by atomic mass is 10.2. The molecule has 1 saturated heterocycles. The molecule has 0 aliphatic carbocycles. The lowest BCUT2D eigenvalue weighted by Crippen LogP contribution is -3.19. The van der Waals surface area contributed by atoms with Crippen molar-refractivity contribution in [2.45, 2.75) is 19.9 Å². The normalized spacial score (nSPS) is 17.9. The van der Waals surface area contributed by atoms with Gasteiger partial charge >= 0.3 is 0 Å². The number of benzene rings is 1. The Balaban J connectivity index is 1.89. The molecular formula is C15H23FN3O+. The van der Waals surface area contributed by atoms with Gasteiger partial charge in [0.1, 0.15) is 5.82 Å². The van der Waals surface area contributed by atoms with Crippen LogP contribution in [0, 0.1) is 5.82 Å². The maximum Gasteiger partial charge on any atom is 0.278 e. The van der Waals surface area contributed by atoms with Crippen LogP contribution in [0.2, 0.25) is 0 Å². The summed E-state index contributed by atoms with van der Waals surface area (Å²) >= 11 is 0. The molecule has 110 valence electrons. The Kier molecular flexibility index (Phi) is 4.95. The van der Waals surface area contributed by atoms with Crippen molar-refractivity contribution < 1.29 is 14.1 Å². The minimum absolute atomic E-state index is 0.00896. The van der Waals surface area contributed by atoms with Crippen molar-refractivity contribution >= 4 is 11.6 Å². The molecule has 20 heavy (non-hydrogen) atoms. The van der Waals surface area contributed by atoms with Crippen LogP contribution in [-0.4, -0.2) is 44.7 Å². The maximum atomic E-state index is 12.9. The van der Waals surface area contributed by atoms with Gasteiger partial charge in [-0.25, -0.2) is 4.39 Å². The number of nitrogens with zero attached hydrogens (tertiary/aromatic N) is 1. The second-order valence-electron chi connectivity index (χ2n) is 5.24. The lowest BCUT2D eigenvalue weighted by molar-refractivity contribution is -0.914. The summed E-state index contributed by atoms with van der Waals surface area (Å²) in [5.74, 6) is -0.0828. The van der Waals surface area contributed by atoms with Crippen molar-refractivity contribution in [3.05, 3.63) is 30.1 Å². The van der Waals surface area contributed by atoms with Gasteiger partial charge in [-0.3, -0.25) is 4.79 Å². The molecule has 0 bridgehead atoms. The summed E-state index contributed by atoms with van der Waals surface area (Å²) in [6.07, 6.45) is 0. The molecule has 0 aromatic heterocycles. The predicted octanol–water partition coefficient (Wildman–Crippen LogP) is 0.0552. The first-order chi connectivity index (χ1) is 9.61. The summed E-state index contributed by atoms with van der Waals surface area (Å²) in [6.45, 7) is 8.24. The van der Waals surface area contributed by atoms with Crippen molar-refractivity contribution in [2.75, 3.05) is 37.6 Å². The van der Waals surface area contributed by atoms with E-state index in [0.717, 1.165) is 31.9 Å². The van der Waals surface area contributed by atoms with Crippen LogP contribution in [0.15, 0.2) is 24.3 Å². The summed E-state index contributed by atoms with van der Waals surface area (Å²) in [5.41, 5.74) is 1.05. The van der Waals surface area contributed by atoms with E-state index in [2.05, 4.69) is 10.2 Å². The molecule has 4 nitrogen and oxygen atoms in total. The Labute approximate surface area is 119 Å². The van der Waals surface area contributed by atoms with Crippen molar-refractivity contribution in [3.8, 4) is 0 Å². The fraction of sp³-hybridized carbons (Fsp3) is 0.533. The first-order valence-corrected chi connectivity index (χ1v) is 7.24. The number of likely N-dealkylation sites (N-methyl/N-ethyl adjacent to an activating group) is 1. The number of nitrogens with one attached hydrogen (secondary N) is 2. The monoisotopic (exact) mass is 280 g/mol. The molecule has 0 saturated carbocycles. The third-order valence-electron chi connectivity index (χ3n) is 3.95. The zero-order valence-electron chi connectivity index (χ0n) is 12.2. The minimum Gasteiger partial charge on any atom is -0.360 e. The van der Waals surface area contributed by atoms with Crippen LogP contribution in [0.4, 0.5) is 10.1 Å². The number of carbonyl (C=O) groups is 1. The highest BCUT2D eigenvalue weighted by Gasteiger charge is 2.28. The highest BCUT2D eigenvalue weighted by Crippen LogP contribution is 2.14. The van der Waals surface area contributed by atoms with Gasteiger partial charge in [0.05, 0.1) is 26.2 Å². The molecule has 0 spiro atoms. The van der Waals surface area contributed by atoms with Gasteiger partial charge in [0.25, 0.3) is 5.91 Å². The number of rotatable bonds is 4. The highest BCUT2D eigenvalue weighted by molar-refractivity contribution is 5.79. The average molecular weight is 280 g/mol. The molecule has 1 aliphatic rings. The van der Waals surface area contributed by atoms with E-state index >= 15 is 0 Å². The Morgan fingerprint density at radius 3 is 2.50 bits per heavy atom. The van der Waals surface area contributed by atoms with Crippen LogP contribution >= 0.6 is 0 Å². The van der Waals surface area contributed by atoms with Gasteiger partial charge in [0.15, 0.2) is 6.04 Å². The molecule has 1 aliphatic heterocycles. The second-order valence-corrected chi connectivity index (χ2v) is 5.24. The summed E-state index contributed by atoms with van der Waals surface area (Å²) in [4.78, 5) is 15.4. The number of amides is 1. The highest BCUT2D eigenvalue weighted by atomic mass is 19.1. The zero-order valence-corrected chi connectivity index (χ0v) is 12.2. The van der Waals surface area contributed by atoms with E-state index in [-0.39, 0.29) is 17.8 Å². The van der Waals surface area contributed by atoms with Gasteiger partial charge in [-0.1, -0.05) is 0 Å². The molecule has 1 heterocycles. The first-order valence-electron chi connectivity index (χ1n) is 7.24. The number of anilines is 1. The zero-order chi connectivity index (χ0) is 14.5. The van der Waals surface area contributed by atoms with Crippen LogP contribution in [0.5, 0.6) is 0 Å². The van der Waals surface area contributed by atoms with Crippen molar-refractivity contribution in [1.29, 1.82) is 0 Å². The number of carbonyl (C=O) groups excluding carboxylic acids is 1. The van der Waals surface area contributed by atoms with Crippen LogP contribution in [-0.2, 0) is 4.79 Å². The van der Waals surface area contributed by atoms with E-state index in [4.69, 9.17) is 0 Å². The topological polar surface area (TPSA) is 36.8 Å². The summed E-state index contributed by atoms with van der Waals surface area (Å²) in [6, 6.07) is 6.60. The largest absolute Gasteiger partial charge is 0.360 e. The third kappa shape index (κ3) is 3.48. The van der Waals surface area contributed by atoms with Gasteiger partial charge < -0.3 is 15.1 Å². The van der Waals surface area contributed by atoms with Crippen LogP contribution in [0.1, 0.15) is 13.8 Å². The van der Waals surface area contributed by atoms with Crippen molar-refractivity contribution in [3.63, 3.8) is 0 Å². The molecule has 1 amide bonds. The van der Waals surface area contributed by atoms with Crippen LogP contribution in [0.25, 0.3) is 0 Å². The SMILES string of the molecule is CCNC(=O)[C@@H](C)[NH+]1CCN(c2ccc(F)cc2)CC1. The number of hydrogen-bond acceptors (Lipinski definition) is 2. The summed E-state index contributed by atoms with van der Waals surface area (Å²) < 4.78 is 12.9. The Bertz CT molecular complexity index is 441. The van der Waals surface area contributed by atoms with E-state index in [1.54, 1.807) is 0 Å². The third-order valence-corrected chi connectivity index (χ3v) is 3.95. The first kappa shape index (κ1) is 14.8. The standard InChI is InChI=1S/C15H22FN3O/c1-3-17-15(20)12(2)18-8-10-19(11-9-18)14-6-4-13(16)5-7-14/h4-7,12H,3,8-11H2,1-2H3,(H,17,20)/p+1/t12-/m1/s1. The smallest absolute Gasteiger partial charge is 0.278 e. The van der Waals surface area contributed by atoms with Gasteiger partial charge in [-0.2, -0.15) is 0 Å². The predicted molar refractivity (Wildman–Crippen MR) is 77.5 cm³/mol. The number of quaternary nitrogens is 1. The molecule has 1 aromatic carbocycles. The molecule has 2 rings (SSSR count). The lowest BCUT2D eigenvalue weighted by Gasteiger charge is -2.36. The Hall–Kier alpha value is -1.62. The van der Waals surface area contributed by atoms with Gasteiger partial charge in [0, 0.05) is 12.2 Å². The molecule has 5 heteroatoms. The van der Waals surface area contributed by atoms with E-state index in [1.807, 2.05) is 26.0 Å². The van der Waals surface area contributed by atoms with E-state index in [0.29, 0.717) is 6.54 Å². The Morgan fingerprint density at radius 1 is 1.35 bits per heavy atom. The summed E-state index contributed by atoms with van der Waals surface area (Å²) in [7, 11) is 0. The molecular weight excluding hydrogens is 257 g/mol. The van der Waals surface area contributed by atoms with Crippen LogP contribution in [0.3, 0.4) is 0 Å². The fourth-order valence-corrected chi connectivity index (χ4v) is 2.65. The Morgan fingerprint density at radius 2 is 1.95 bits per heavy atom. The second kappa shape index (κ2) is 6.70. The average Bonchev–Trinajstić information content (AvgIpc) is 2.48.